The van der Waals surface area contributed by atoms with Gasteiger partial charge in [0, 0.05) is 24.6 Å². The fourth-order valence-corrected chi connectivity index (χ4v) is 3.97. The largest absolute Gasteiger partial charge is 0.493 e. The van der Waals surface area contributed by atoms with E-state index in [9.17, 15) is 14.3 Å². The predicted molar refractivity (Wildman–Crippen MR) is 114 cm³/mol. The van der Waals surface area contributed by atoms with Crippen LogP contribution in [0.1, 0.15) is 24.2 Å². The minimum Gasteiger partial charge on any atom is -0.493 e. The zero-order valence-electron chi connectivity index (χ0n) is 16.8. The Morgan fingerprint density at radius 2 is 2.10 bits per heavy atom. The number of benzene rings is 2. The van der Waals surface area contributed by atoms with E-state index < -0.39 is 17.8 Å². The van der Waals surface area contributed by atoms with E-state index in [2.05, 4.69) is 5.16 Å². The zero-order chi connectivity index (χ0) is 21.8. The third-order valence-corrected chi connectivity index (χ3v) is 5.75. The molecular formula is C23H22ClFN2O4. The summed E-state index contributed by atoms with van der Waals surface area (Å²) in [7, 11) is 0. The summed E-state index contributed by atoms with van der Waals surface area (Å²) >= 11 is 6.00. The second-order valence-corrected chi connectivity index (χ2v) is 7.87. The summed E-state index contributed by atoms with van der Waals surface area (Å²) in [5.74, 6) is 0.0694. The number of carbonyl (C=O) groups is 1. The predicted octanol–water partition coefficient (Wildman–Crippen LogP) is 4.80. The Kier molecular flexibility index (Phi) is 6.53. The number of hydrogen-bond acceptors (Lipinski definition) is 5. The van der Waals surface area contributed by atoms with E-state index in [1.807, 2.05) is 29.2 Å². The van der Waals surface area contributed by atoms with Crippen molar-refractivity contribution in [1.29, 1.82) is 0 Å². The molecule has 1 saturated heterocycles. The lowest BCUT2D eigenvalue weighted by Gasteiger charge is -2.21. The first-order valence-corrected chi connectivity index (χ1v) is 10.5. The molecule has 8 heteroatoms. The third-order valence-electron chi connectivity index (χ3n) is 5.36. The van der Waals surface area contributed by atoms with Gasteiger partial charge >= 0.3 is 5.97 Å². The first kappa shape index (κ1) is 21.3. The van der Waals surface area contributed by atoms with Crippen LogP contribution in [0.5, 0.6) is 5.75 Å². The van der Waals surface area contributed by atoms with E-state index in [4.69, 9.17) is 20.9 Å². The van der Waals surface area contributed by atoms with Crippen molar-refractivity contribution < 1.29 is 23.6 Å². The van der Waals surface area contributed by atoms with Gasteiger partial charge in [0.25, 0.3) is 0 Å². The van der Waals surface area contributed by atoms with Gasteiger partial charge in [-0.2, -0.15) is 0 Å². The smallest absolute Gasteiger partial charge is 0.320 e. The zero-order valence-corrected chi connectivity index (χ0v) is 17.5. The van der Waals surface area contributed by atoms with Gasteiger partial charge in [0.1, 0.15) is 29.1 Å². The van der Waals surface area contributed by atoms with E-state index in [-0.39, 0.29) is 5.02 Å². The van der Waals surface area contributed by atoms with Crippen LogP contribution in [-0.2, 0) is 17.8 Å². The van der Waals surface area contributed by atoms with Gasteiger partial charge in [-0.05, 0) is 43.1 Å². The van der Waals surface area contributed by atoms with Gasteiger partial charge < -0.3 is 14.4 Å². The summed E-state index contributed by atoms with van der Waals surface area (Å²) in [5, 5.41) is 13.3. The lowest BCUT2D eigenvalue weighted by molar-refractivity contribution is -0.142. The summed E-state index contributed by atoms with van der Waals surface area (Å²) in [6, 6.07) is 13.5. The quantitative estimate of drug-likeness (QED) is 0.537. The molecule has 1 atom stereocenters. The molecule has 4 rings (SSSR count). The van der Waals surface area contributed by atoms with Crippen LogP contribution in [0, 0.1) is 5.82 Å². The Morgan fingerprint density at radius 1 is 1.29 bits per heavy atom. The maximum Gasteiger partial charge on any atom is 0.320 e. The molecule has 1 aliphatic heterocycles. The molecule has 162 valence electrons. The maximum absolute atomic E-state index is 13.6. The first-order valence-electron chi connectivity index (χ1n) is 10.1. The minimum absolute atomic E-state index is 0.0160. The van der Waals surface area contributed by atoms with Gasteiger partial charge in [-0.3, -0.25) is 9.69 Å². The molecule has 1 N–H and O–H groups in total. The molecule has 0 amide bonds. The lowest BCUT2D eigenvalue weighted by Crippen LogP contribution is -2.35. The van der Waals surface area contributed by atoms with Crippen LogP contribution in [0.25, 0.3) is 11.3 Å². The molecule has 0 aliphatic carbocycles. The van der Waals surface area contributed by atoms with Gasteiger partial charge in [-0.15, -0.1) is 0 Å². The van der Waals surface area contributed by atoms with E-state index in [1.165, 1.54) is 6.07 Å². The molecular weight excluding hydrogens is 423 g/mol. The van der Waals surface area contributed by atoms with E-state index in [0.29, 0.717) is 48.8 Å². The summed E-state index contributed by atoms with van der Waals surface area (Å²) < 4.78 is 24.7. The molecule has 2 aromatic carbocycles. The van der Waals surface area contributed by atoms with Crippen LogP contribution in [0.15, 0.2) is 53.1 Å². The summed E-state index contributed by atoms with van der Waals surface area (Å²) in [5.41, 5.74) is 2.01. The number of rotatable bonds is 8. The number of carboxylic acids is 1. The molecule has 1 aromatic heterocycles. The van der Waals surface area contributed by atoms with Crippen molar-refractivity contribution in [2.24, 2.45) is 0 Å². The first-order chi connectivity index (χ1) is 15.0. The van der Waals surface area contributed by atoms with E-state index in [1.54, 1.807) is 18.2 Å². The highest BCUT2D eigenvalue weighted by Gasteiger charge is 2.30. The maximum atomic E-state index is 13.6. The molecule has 6 nitrogen and oxygen atoms in total. The topological polar surface area (TPSA) is 75.8 Å². The van der Waals surface area contributed by atoms with Gasteiger partial charge in [0.15, 0.2) is 0 Å². The SMILES string of the molecule is O=C(O)[C@@H]1CCCN1Cc1ccc(OCCc2cc(-c3cccc(F)c3Cl)no2)cc1. The number of halogens is 2. The number of aliphatic carboxylic acids is 1. The molecule has 0 radical (unpaired) electrons. The molecule has 2 heterocycles. The van der Waals surface area contributed by atoms with Gasteiger partial charge in [-0.25, -0.2) is 4.39 Å². The minimum atomic E-state index is -0.757. The Labute approximate surface area is 184 Å². The third kappa shape index (κ3) is 5.06. The Balaban J connectivity index is 1.29. The van der Waals surface area contributed by atoms with Crippen LogP contribution in [0.3, 0.4) is 0 Å². The van der Waals surface area contributed by atoms with Crippen molar-refractivity contribution in [2.45, 2.75) is 31.8 Å². The highest BCUT2D eigenvalue weighted by Crippen LogP contribution is 2.29. The number of nitrogens with zero attached hydrogens (tertiary/aromatic N) is 2. The Bertz CT molecular complexity index is 1050. The van der Waals surface area contributed by atoms with Crippen molar-refractivity contribution in [3.05, 3.63) is 70.7 Å². The van der Waals surface area contributed by atoms with Crippen molar-refractivity contribution in [3.8, 4) is 17.0 Å². The fraction of sp³-hybridized carbons (Fsp3) is 0.304. The van der Waals surface area contributed by atoms with Gasteiger partial charge in [0.2, 0.25) is 0 Å². The Hall–Kier alpha value is -2.90. The van der Waals surface area contributed by atoms with Crippen LogP contribution >= 0.6 is 11.6 Å². The van der Waals surface area contributed by atoms with Crippen molar-refractivity contribution in [1.82, 2.24) is 10.1 Å². The van der Waals surface area contributed by atoms with Gasteiger partial charge in [0.05, 0.1) is 11.6 Å². The molecule has 0 saturated carbocycles. The van der Waals surface area contributed by atoms with E-state index >= 15 is 0 Å². The number of carboxylic acid groups (broad SMARTS) is 1. The standard InChI is InChI=1S/C23H22ClFN2O4/c24-22-18(3-1-4-19(22)25)20-13-17(31-26-20)10-12-30-16-8-6-15(7-9-16)14-27-11-2-5-21(27)23(28)29/h1,3-4,6-9,13,21H,2,5,10-12,14H2,(H,28,29)/t21-/m0/s1. The van der Waals surface area contributed by atoms with Crippen LogP contribution in [-0.4, -0.2) is 40.3 Å². The fourth-order valence-electron chi connectivity index (χ4n) is 3.75. The number of aromatic nitrogens is 1. The van der Waals surface area contributed by atoms with Crippen LogP contribution in [0.2, 0.25) is 5.02 Å². The molecule has 0 spiro atoms. The number of likely N-dealkylation sites (tertiary alicyclic amines) is 1. The summed E-state index contributed by atoms with van der Waals surface area (Å²) in [6.07, 6.45) is 2.11. The average molecular weight is 445 g/mol. The number of ether oxygens (including phenoxy) is 1. The van der Waals surface area contributed by atoms with Crippen molar-refractivity contribution in [2.75, 3.05) is 13.2 Å². The molecule has 1 aliphatic rings. The van der Waals surface area contributed by atoms with Crippen LogP contribution in [0.4, 0.5) is 4.39 Å². The lowest BCUT2D eigenvalue weighted by atomic mass is 10.1. The summed E-state index contributed by atoms with van der Waals surface area (Å²) in [6.45, 7) is 1.80. The van der Waals surface area contributed by atoms with Crippen LogP contribution < -0.4 is 4.74 Å². The molecule has 0 unspecified atom stereocenters. The number of hydrogen-bond donors (Lipinski definition) is 1. The Morgan fingerprint density at radius 3 is 2.87 bits per heavy atom. The second-order valence-electron chi connectivity index (χ2n) is 7.49. The van der Waals surface area contributed by atoms with Crippen molar-refractivity contribution >= 4 is 17.6 Å². The molecule has 31 heavy (non-hydrogen) atoms. The molecule has 0 bridgehead atoms. The summed E-state index contributed by atoms with van der Waals surface area (Å²) in [4.78, 5) is 13.3. The normalized spacial score (nSPS) is 16.5. The average Bonchev–Trinajstić information content (AvgIpc) is 3.41. The second kappa shape index (κ2) is 9.49. The molecule has 1 fully saturated rings. The van der Waals surface area contributed by atoms with E-state index in [0.717, 1.165) is 18.5 Å². The van der Waals surface area contributed by atoms with Crippen molar-refractivity contribution in [3.63, 3.8) is 0 Å². The monoisotopic (exact) mass is 444 g/mol. The highest BCUT2D eigenvalue weighted by molar-refractivity contribution is 6.33. The molecule has 3 aromatic rings. The highest BCUT2D eigenvalue weighted by atomic mass is 35.5. The van der Waals surface area contributed by atoms with Gasteiger partial charge in [-0.1, -0.05) is 41.0 Å².